The molecule has 0 spiro atoms. The van der Waals surface area contributed by atoms with Gasteiger partial charge in [0, 0.05) is 23.5 Å². The smallest absolute Gasteiger partial charge is 0.330 e. The molecule has 2 aliphatic rings. The highest BCUT2D eigenvalue weighted by Crippen LogP contribution is 2.37. The lowest BCUT2D eigenvalue weighted by atomic mass is 9.79. The van der Waals surface area contributed by atoms with Crippen molar-refractivity contribution in [2.75, 3.05) is 13.2 Å². The first kappa shape index (κ1) is 24.4. The number of aliphatic hydroxyl groups excluding tert-OH is 2. The molecule has 0 aromatic carbocycles. The first-order chi connectivity index (χ1) is 14.8. The van der Waals surface area contributed by atoms with E-state index in [0.717, 1.165) is 15.8 Å². The molecule has 0 unspecified atom stereocenters. The standard InChI is InChI=1S/C20H31N4O8/c1-19(2)6-11(7-20(3,4)24(19)30)21-15(27)10-31-13-8-23(18(29)22-17(13)28)16-5-12(26)14(9-25)32-16/h8,11-12,14,16,25-26H,5-7,9-10H2,1-4H3,(H,21,27)(H,22,28,29)/t12-,14+,16-/m0/s1. The Morgan fingerprint density at radius 3 is 2.47 bits per heavy atom. The first-order valence-corrected chi connectivity index (χ1v) is 10.5. The summed E-state index contributed by atoms with van der Waals surface area (Å²) in [7, 11) is 0. The van der Waals surface area contributed by atoms with Crippen molar-refractivity contribution >= 4 is 5.91 Å². The molecule has 2 aliphatic heterocycles. The minimum Gasteiger partial charge on any atom is -0.477 e. The Labute approximate surface area is 184 Å². The van der Waals surface area contributed by atoms with Crippen molar-refractivity contribution in [2.45, 2.75) is 82.5 Å². The van der Waals surface area contributed by atoms with Crippen LogP contribution in [0.3, 0.4) is 0 Å². The number of H-pyrrole nitrogens is 1. The van der Waals surface area contributed by atoms with Crippen LogP contribution in [-0.4, -0.2) is 73.3 Å². The largest absolute Gasteiger partial charge is 0.477 e. The highest BCUT2D eigenvalue weighted by Gasteiger charge is 2.46. The topological polar surface area (TPSA) is 166 Å². The van der Waals surface area contributed by atoms with Gasteiger partial charge in [-0.3, -0.25) is 19.1 Å². The Morgan fingerprint density at radius 1 is 1.28 bits per heavy atom. The van der Waals surface area contributed by atoms with E-state index in [9.17, 15) is 29.8 Å². The predicted molar refractivity (Wildman–Crippen MR) is 110 cm³/mol. The molecule has 12 heteroatoms. The van der Waals surface area contributed by atoms with Crippen molar-refractivity contribution in [3.8, 4) is 5.75 Å². The number of carbonyl (C=O) groups excluding carboxylic acids is 1. The van der Waals surface area contributed by atoms with Crippen LogP contribution in [0.2, 0.25) is 0 Å². The van der Waals surface area contributed by atoms with Gasteiger partial charge in [0.05, 0.1) is 18.9 Å². The first-order valence-electron chi connectivity index (χ1n) is 10.5. The number of carbonyl (C=O) groups is 1. The molecule has 0 aliphatic carbocycles. The zero-order valence-electron chi connectivity index (χ0n) is 18.7. The molecule has 0 bridgehead atoms. The summed E-state index contributed by atoms with van der Waals surface area (Å²) < 4.78 is 11.8. The van der Waals surface area contributed by atoms with Gasteiger partial charge >= 0.3 is 5.69 Å². The van der Waals surface area contributed by atoms with Crippen LogP contribution in [0.15, 0.2) is 15.8 Å². The van der Waals surface area contributed by atoms with Gasteiger partial charge in [-0.1, -0.05) is 0 Å². The highest BCUT2D eigenvalue weighted by molar-refractivity contribution is 5.77. The fourth-order valence-electron chi connectivity index (χ4n) is 4.61. The fourth-order valence-corrected chi connectivity index (χ4v) is 4.61. The van der Waals surface area contributed by atoms with E-state index < -0.39 is 59.9 Å². The van der Waals surface area contributed by atoms with Gasteiger partial charge in [-0.25, -0.2) is 4.79 Å². The molecule has 2 saturated heterocycles. The van der Waals surface area contributed by atoms with Crippen LogP contribution in [-0.2, 0) is 14.7 Å². The van der Waals surface area contributed by atoms with Gasteiger partial charge in [-0.2, -0.15) is 0 Å². The molecule has 4 N–H and O–H groups in total. The van der Waals surface area contributed by atoms with E-state index in [0.29, 0.717) is 12.8 Å². The molecule has 1 aromatic rings. The second kappa shape index (κ2) is 8.94. The molecule has 32 heavy (non-hydrogen) atoms. The summed E-state index contributed by atoms with van der Waals surface area (Å²) in [5, 5.41) is 35.4. The van der Waals surface area contributed by atoms with E-state index in [-0.39, 0.29) is 18.2 Å². The third-order valence-corrected chi connectivity index (χ3v) is 5.94. The zero-order valence-corrected chi connectivity index (χ0v) is 18.7. The maximum Gasteiger partial charge on any atom is 0.330 e. The number of ether oxygens (including phenoxy) is 2. The average molecular weight is 455 g/mol. The summed E-state index contributed by atoms with van der Waals surface area (Å²) in [6.07, 6.45) is -0.621. The second-order valence-corrected chi connectivity index (χ2v) is 9.66. The Balaban J connectivity index is 1.65. The number of aromatic nitrogens is 2. The van der Waals surface area contributed by atoms with Crippen LogP contribution in [0.1, 0.15) is 53.2 Å². The van der Waals surface area contributed by atoms with Crippen molar-refractivity contribution in [1.29, 1.82) is 0 Å². The van der Waals surface area contributed by atoms with Crippen molar-refractivity contribution in [2.24, 2.45) is 0 Å². The molecular formula is C20H31N4O8. The second-order valence-electron chi connectivity index (χ2n) is 9.66. The molecule has 12 nitrogen and oxygen atoms in total. The monoisotopic (exact) mass is 455 g/mol. The maximum atomic E-state index is 12.4. The van der Waals surface area contributed by atoms with Gasteiger partial charge in [-0.15, -0.1) is 10.3 Å². The van der Waals surface area contributed by atoms with Gasteiger partial charge in [-0.05, 0) is 40.5 Å². The SMILES string of the molecule is CC1(C)CC(NC(=O)COc2cn([C@@H]3C[C@H](O)[C@@H](CO)O3)c(=O)[nH]c2=O)CC(C)(C)N1[O]. The number of nitrogens with zero attached hydrogens (tertiary/aromatic N) is 2. The summed E-state index contributed by atoms with van der Waals surface area (Å²) in [4.78, 5) is 38.8. The predicted octanol–water partition coefficient (Wildman–Crippen LogP) is -0.961. The lowest BCUT2D eigenvalue weighted by Crippen LogP contribution is -2.62. The van der Waals surface area contributed by atoms with Gasteiger partial charge in [0.1, 0.15) is 12.3 Å². The quantitative estimate of drug-likeness (QED) is 0.426. The molecule has 1 amide bonds. The molecule has 179 valence electrons. The summed E-state index contributed by atoms with van der Waals surface area (Å²) in [5.41, 5.74) is -2.87. The van der Waals surface area contributed by atoms with E-state index in [2.05, 4.69) is 10.3 Å². The maximum absolute atomic E-state index is 12.4. The number of amides is 1. The minimum absolute atomic E-state index is 0.0427. The van der Waals surface area contributed by atoms with Crippen LogP contribution in [0.5, 0.6) is 5.75 Å². The average Bonchev–Trinajstić information content (AvgIpc) is 3.05. The van der Waals surface area contributed by atoms with Crippen LogP contribution < -0.4 is 21.3 Å². The third kappa shape index (κ3) is 5.04. The fraction of sp³-hybridized carbons (Fsp3) is 0.750. The summed E-state index contributed by atoms with van der Waals surface area (Å²) >= 11 is 0. The molecular weight excluding hydrogens is 424 g/mol. The number of hydroxylamine groups is 2. The van der Waals surface area contributed by atoms with Crippen LogP contribution in [0.25, 0.3) is 0 Å². The Bertz CT molecular complexity index is 938. The molecule has 3 heterocycles. The van der Waals surface area contributed by atoms with Crippen LogP contribution in [0, 0.1) is 0 Å². The van der Waals surface area contributed by atoms with E-state index in [1.807, 2.05) is 27.7 Å². The lowest BCUT2D eigenvalue weighted by Gasteiger charge is -2.49. The van der Waals surface area contributed by atoms with Gasteiger partial charge in [0.15, 0.2) is 6.61 Å². The Kier molecular flexibility index (Phi) is 6.82. The minimum atomic E-state index is -0.965. The number of nitrogens with one attached hydrogen (secondary N) is 2. The molecule has 3 atom stereocenters. The normalized spacial score (nSPS) is 27.9. The van der Waals surface area contributed by atoms with Crippen molar-refractivity contribution < 1.29 is 29.7 Å². The molecule has 1 radical (unpaired) electrons. The van der Waals surface area contributed by atoms with Crippen LogP contribution in [0.4, 0.5) is 0 Å². The number of piperidine rings is 1. The van der Waals surface area contributed by atoms with Gasteiger partial charge in [0.25, 0.3) is 11.5 Å². The number of rotatable bonds is 6. The van der Waals surface area contributed by atoms with Gasteiger partial charge < -0.3 is 25.0 Å². The van der Waals surface area contributed by atoms with Crippen molar-refractivity contribution in [3.63, 3.8) is 0 Å². The summed E-state index contributed by atoms with van der Waals surface area (Å²) in [5.74, 6) is -0.730. The number of hydrogen-bond acceptors (Lipinski definition) is 8. The number of aliphatic hydroxyl groups is 2. The molecule has 3 rings (SSSR count). The molecule has 1 aromatic heterocycles. The number of aromatic amines is 1. The van der Waals surface area contributed by atoms with Gasteiger partial charge in [0.2, 0.25) is 5.75 Å². The van der Waals surface area contributed by atoms with E-state index in [4.69, 9.17) is 9.47 Å². The summed E-state index contributed by atoms with van der Waals surface area (Å²) in [6.45, 7) is 6.40. The number of hydrogen-bond donors (Lipinski definition) is 4. The van der Waals surface area contributed by atoms with Crippen molar-refractivity contribution in [1.82, 2.24) is 19.9 Å². The highest BCUT2D eigenvalue weighted by atomic mass is 16.5. The zero-order chi connectivity index (χ0) is 23.8. The third-order valence-electron chi connectivity index (χ3n) is 5.94. The van der Waals surface area contributed by atoms with Crippen LogP contribution >= 0.6 is 0 Å². The van der Waals surface area contributed by atoms with Crippen molar-refractivity contribution in [3.05, 3.63) is 27.0 Å². The Hall–Kier alpha value is -2.25. The van der Waals surface area contributed by atoms with E-state index in [1.54, 1.807) is 0 Å². The van der Waals surface area contributed by atoms with E-state index in [1.165, 1.54) is 0 Å². The molecule has 0 saturated carbocycles. The molecule has 2 fully saturated rings. The Morgan fingerprint density at radius 2 is 1.91 bits per heavy atom. The summed E-state index contributed by atoms with van der Waals surface area (Å²) in [6, 6.07) is -0.239. The van der Waals surface area contributed by atoms with E-state index >= 15 is 0 Å². The lowest BCUT2D eigenvalue weighted by molar-refractivity contribution is -0.290.